The Labute approximate surface area is 100 Å². The van der Waals surface area contributed by atoms with Gasteiger partial charge in [-0.05, 0) is 45.4 Å². The van der Waals surface area contributed by atoms with Gasteiger partial charge >= 0.3 is 6.09 Å². The Morgan fingerprint density at radius 1 is 1.41 bits per heavy atom. The molecule has 0 radical (unpaired) electrons. The van der Waals surface area contributed by atoms with E-state index in [0.717, 1.165) is 10.9 Å². The second-order valence-electron chi connectivity index (χ2n) is 5.09. The Hall–Kier alpha value is -1.84. The molecule has 0 unspecified atom stereocenters. The van der Waals surface area contributed by atoms with Crippen molar-refractivity contribution in [1.29, 1.82) is 0 Å². The molecule has 0 aliphatic rings. The van der Waals surface area contributed by atoms with Crippen LogP contribution in [-0.2, 0) is 4.74 Å². The van der Waals surface area contributed by atoms with Crippen LogP contribution in [-0.4, -0.2) is 21.2 Å². The number of carbonyl (C=O) groups excluding carboxylic acids is 1. The molecule has 0 saturated carbocycles. The highest BCUT2D eigenvalue weighted by Crippen LogP contribution is 2.17. The lowest BCUT2D eigenvalue weighted by atomic mass is 10.2. The van der Waals surface area contributed by atoms with Crippen LogP contribution in [0.5, 0.6) is 0 Å². The normalized spacial score (nSPS) is 11.8. The number of fused-ring (bicyclic) bond motifs is 1. The molecule has 0 aromatic carbocycles. The van der Waals surface area contributed by atoms with E-state index in [4.69, 9.17) is 4.74 Å². The molecule has 2 aromatic rings. The van der Waals surface area contributed by atoms with Gasteiger partial charge in [0.1, 0.15) is 11.2 Å². The van der Waals surface area contributed by atoms with Gasteiger partial charge in [0.25, 0.3) is 0 Å². The van der Waals surface area contributed by atoms with Gasteiger partial charge in [0.15, 0.2) is 0 Å². The van der Waals surface area contributed by atoms with Gasteiger partial charge in [-0.2, -0.15) is 0 Å². The molecule has 0 aliphatic carbocycles. The van der Waals surface area contributed by atoms with Crippen molar-refractivity contribution >= 4 is 17.1 Å². The third kappa shape index (κ3) is 2.46. The molecule has 4 nitrogen and oxygen atoms in total. The van der Waals surface area contributed by atoms with E-state index in [2.05, 4.69) is 4.98 Å². The van der Waals surface area contributed by atoms with Crippen molar-refractivity contribution in [2.24, 2.45) is 0 Å². The molecule has 0 amide bonds. The predicted molar refractivity (Wildman–Crippen MR) is 66.1 cm³/mol. The molecule has 0 N–H and O–H groups in total. The summed E-state index contributed by atoms with van der Waals surface area (Å²) in [5.41, 5.74) is 1.20. The zero-order valence-electron chi connectivity index (χ0n) is 10.5. The average Bonchev–Trinajstić information content (AvgIpc) is 2.57. The number of carbonyl (C=O) groups is 1. The lowest BCUT2D eigenvalue weighted by molar-refractivity contribution is 0.0543. The Bertz CT molecular complexity index is 564. The van der Waals surface area contributed by atoms with E-state index in [1.165, 1.54) is 4.57 Å². The second kappa shape index (κ2) is 3.87. The number of rotatable bonds is 0. The van der Waals surface area contributed by atoms with Crippen molar-refractivity contribution in [3.8, 4) is 0 Å². The summed E-state index contributed by atoms with van der Waals surface area (Å²) in [6.45, 7) is 7.49. The summed E-state index contributed by atoms with van der Waals surface area (Å²) in [5.74, 6) is 0. The Morgan fingerprint density at radius 2 is 2.12 bits per heavy atom. The number of hydrogen-bond donors (Lipinski definition) is 0. The molecular weight excluding hydrogens is 216 g/mol. The minimum Gasteiger partial charge on any atom is -0.443 e. The zero-order valence-corrected chi connectivity index (χ0v) is 10.5. The monoisotopic (exact) mass is 232 g/mol. The van der Waals surface area contributed by atoms with Gasteiger partial charge in [-0.25, -0.2) is 14.3 Å². The maximum absolute atomic E-state index is 11.9. The molecule has 0 spiro atoms. The van der Waals surface area contributed by atoms with Crippen LogP contribution in [0, 0.1) is 6.92 Å². The first-order valence-corrected chi connectivity index (χ1v) is 5.54. The first-order valence-electron chi connectivity index (χ1n) is 5.54. The van der Waals surface area contributed by atoms with Crippen LogP contribution < -0.4 is 0 Å². The molecule has 2 heterocycles. The molecule has 0 saturated heterocycles. The van der Waals surface area contributed by atoms with E-state index in [1.54, 1.807) is 12.4 Å². The van der Waals surface area contributed by atoms with Gasteiger partial charge in [-0.3, -0.25) is 0 Å². The molecule has 90 valence electrons. The lowest BCUT2D eigenvalue weighted by Gasteiger charge is -2.19. The van der Waals surface area contributed by atoms with Crippen LogP contribution in [0.25, 0.3) is 11.0 Å². The summed E-state index contributed by atoms with van der Waals surface area (Å²) in [6, 6.07) is 3.85. The third-order valence-electron chi connectivity index (χ3n) is 2.25. The number of pyridine rings is 1. The predicted octanol–water partition coefficient (Wildman–Crippen LogP) is 3.13. The third-order valence-corrected chi connectivity index (χ3v) is 2.25. The fourth-order valence-corrected chi connectivity index (χ4v) is 1.59. The maximum atomic E-state index is 11.9. The smallest absolute Gasteiger partial charge is 0.420 e. The van der Waals surface area contributed by atoms with Gasteiger partial charge in [-0.15, -0.1) is 0 Å². The summed E-state index contributed by atoms with van der Waals surface area (Å²) in [7, 11) is 0. The van der Waals surface area contributed by atoms with Crippen molar-refractivity contribution in [1.82, 2.24) is 9.55 Å². The molecule has 0 bridgehead atoms. The summed E-state index contributed by atoms with van der Waals surface area (Å²) in [5, 5.41) is 0.941. The summed E-state index contributed by atoms with van der Waals surface area (Å²) >= 11 is 0. The van der Waals surface area contributed by atoms with E-state index in [1.807, 2.05) is 39.8 Å². The molecule has 17 heavy (non-hydrogen) atoms. The molecule has 0 atom stereocenters. The number of nitrogens with zero attached hydrogens (tertiary/aromatic N) is 2. The summed E-state index contributed by atoms with van der Waals surface area (Å²) < 4.78 is 6.74. The maximum Gasteiger partial charge on any atom is 0.420 e. The fourth-order valence-electron chi connectivity index (χ4n) is 1.59. The van der Waals surface area contributed by atoms with Crippen LogP contribution in [0.4, 0.5) is 4.79 Å². The number of aromatic nitrogens is 2. The van der Waals surface area contributed by atoms with Gasteiger partial charge < -0.3 is 4.74 Å². The Kier molecular flexibility index (Phi) is 2.65. The quantitative estimate of drug-likeness (QED) is 0.701. The van der Waals surface area contributed by atoms with Crippen LogP contribution in [0.15, 0.2) is 24.5 Å². The van der Waals surface area contributed by atoms with Crippen LogP contribution in [0.3, 0.4) is 0 Å². The largest absolute Gasteiger partial charge is 0.443 e. The molecule has 2 rings (SSSR count). The summed E-state index contributed by atoms with van der Waals surface area (Å²) in [4.78, 5) is 16.2. The van der Waals surface area contributed by atoms with Crippen molar-refractivity contribution in [3.63, 3.8) is 0 Å². The SMILES string of the molecule is Cc1cnc2c(ccn2C(=O)OC(C)(C)C)c1. The highest BCUT2D eigenvalue weighted by Gasteiger charge is 2.19. The first kappa shape index (κ1) is 11.6. The van der Waals surface area contributed by atoms with Crippen molar-refractivity contribution in [2.75, 3.05) is 0 Å². The summed E-state index contributed by atoms with van der Waals surface area (Å²) in [6.07, 6.45) is 3.03. The van der Waals surface area contributed by atoms with Gasteiger partial charge in [-0.1, -0.05) is 0 Å². The van der Waals surface area contributed by atoms with Crippen LogP contribution in [0.2, 0.25) is 0 Å². The Morgan fingerprint density at radius 3 is 2.76 bits per heavy atom. The molecular formula is C13H16N2O2. The second-order valence-corrected chi connectivity index (χ2v) is 5.09. The van der Waals surface area contributed by atoms with Crippen LogP contribution in [0.1, 0.15) is 26.3 Å². The molecule has 4 heteroatoms. The van der Waals surface area contributed by atoms with Gasteiger partial charge in [0, 0.05) is 17.8 Å². The molecule has 2 aromatic heterocycles. The van der Waals surface area contributed by atoms with Crippen molar-refractivity contribution in [2.45, 2.75) is 33.3 Å². The van der Waals surface area contributed by atoms with E-state index >= 15 is 0 Å². The average molecular weight is 232 g/mol. The highest BCUT2D eigenvalue weighted by atomic mass is 16.6. The Balaban J connectivity index is 2.40. The van der Waals surface area contributed by atoms with Crippen LogP contribution >= 0.6 is 0 Å². The standard InChI is InChI=1S/C13H16N2O2/c1-9-7-10-5-6-15(11(10)14-8-9)12(16)17-13(2,3)4/h5-8H,1-4H3. The number of aryl methyl sites for hydroxylation is 1. The zero-order chi connectivity index (χ0) is 12.6. The van der Waals surface area contributed by atoms with E-state index in [9.17, 15) is 4.79 Å². The molecule has 0 fully saturated rings. The number of ether oxygens (including phenoxy) is 1. The fraction of sp³-hybridized carbons (Fsp3) is 0.385. The topological polar surface area (TPSA) is 44.1 Å². The molecule has 0 aliphatic heterocycles. The van der Waals surface area contributed by atoms with E-state index < -0.39 is 11.7 Å². The minimum atomic E-state index is -0.502. The van der Waals surface area contributed by atoms with Crippen molar-refractivity contribution in [3.05, 3.63) is 30.1 Å². The first-order chi connectivity index (χ1) is 7.87. The minimum absolute atomic E-state index is 0.399. The van der Waals surface area contributed by atoms with Crippen molar-refractivity contribution < 1.29 is 9.53 Å². The van der Waals surface area contributed by atoms with Gasteiger partial charge in [0.05, 0.1) is 0 Å². The van der Waals surface area contributed by atoms with E-state index in [0.29, 0.717) is 5.65 Å². The number of hydrogen-bond acceptors (Lipinski definition) is 3. The van der Waals surface area contributed by atoms with E-state index in [-0.39, 0.29) is 0 Å². The highest BCUT2D eigenvalue weighted by molar-refractivity contribution is 5.87. The van der Waals surface area contributed by atoms with Gasteiger partial charge in [0.2, 0.25) is 0 Å². The lowest BCUT2D eigenvalue weighted by Crippen LogP contribution is -2.26.